The van der Waals surface area contributed by atoms with E-state index >= 15 is 0 Å². The van der Waals surface area contributed by atoms with Crippen molar-refractivity contribution in [1.82, 2.24) is 9.80 Å². The maximum absolute atomic E-state index is 13.8. The van der Waals surface area contributed by atoms with Gasteiger partial charge < -0.3 is 4.90 Å². The molecule has 3 nitrogen and oxygen atoms in total. The van der Waals surface area contributed by atoms with E-state index in [1.54, 1.807) is 12.1 Å². The summed E-state index contributed by atoms with van der Waals surface area (Å²) >= 11 is 0. The minimum Gasteiger partial charge on any atom is -0.340 e. The van der Waals surface area contributed by atoms with Gasteiger partial charge in [-0.25, -0.2) is 4.39 Å². The van der Waals surface area contributed by atoms with Crippen LogP contribution in [-0.4, -0.2) is 42.4 Å². The number of rotatable bonds is 2. The Hall–Kier alpha value is -1.42. The molecule has 0 bridgehead atoms. The molecule has 1 aromatic rings. The predicted octanol–water partition coefficient (Wildman–Crippen LogP) is 2.05. The lowest BCUT2D eigenvalue weighted by Crippen LogP contribution is -2.49. The summed E-state index contributed by atoms with van der Waals surface area (Å²) in [6.07, 6.45) is 0.508. The van der Waals surface area contributed by atoms with Crippen LogP contribution in [0.2, 0.25) is 0 Å². The van der Waals surface area contributed by atoms with Crippen LogP contribution in [-0.2, 0) is 4.79 Å². The second kappa shape index (κ2) is 5.48. The maximum Gasteiger partial charge on any atom is 0.222 e. The molecule has 1 aliphatic rings. The highest BCUT2D eigenvalue weighted by atomic mass is 19.1. The van der Waals surface area contributed by atoms with Gasteiger partial charge in [-0.2, -0.15) is 0 Å². The predicted molar refractivity (Wildman–Crippen MR) is 68.6 cm³/mol. The van der Waals surface area contributed by atoms with Crippen molar-refractivity contribution in [2.24, 2.45) is 0 Å². The molecule has 18 heavy (non-hydrogen) atoms. The molecule has 0 spiro atoms. The van der Waals surface area contributed by atoms with Gasteiger partial charge in [0, 0.05) is 31.6 Å². The first-order chi connectivity index (χ1) is 8.63. The van der Waals surface area contributed by atoms with E-state index < -0.39 is 0 Å². The lowest BCUT2D eigenvalue weighted by Gasteiger charge is -2.39. The second-order valence-electron chi connectivity index (χ2n) is 4.71. The molecule has 1 atom stereocenters. The number of amides is 1. The van der Waals surface area contributed by atoms with Crippen molar-refractivity contribution in [3.05, 3.63) is 35.6 Å². The van der Waals surface area contributed by atoms with Gasteiger partial charge in [-0.3, -0.25) is 9.69 Å². The second-order valence-corrected chi connectivity index (χ2v) is 4.71. The number of piperazine rings is 1. The Morgan fingerprint density at radius 3 is 2.78 bits per heavy atom. The molecule has 4 heteroatoms. The lowest BCUT2D eigenvalue weighted by atomic mass is 10.0. The fraction of sp³-hybridized carbons (Fsp3) is 0.500. The Morgan fingerprint density at radius 2 is 2.11 bits per heavy atom. The summed E-state index contributed by atoms with van der Waals surface area (Å²) in [6, 6.07) is 6.76. The van der Waals surface area contributed by atoms with Crippen LogP contribution in [0.15, 0.2) is 24.3 Å². The van der Waals surface area contributed by atoms with E-state index in [0.717, 1.165) is 13.1 Å². The Labute approximate surface area is 107 Å². The first-order valence-electron chi connectivity index (χ1n) is 6.36. The van der Waals surface area contributed by atoms with E-state index in [9.17, 15) is 9.18 Å². The van der Waals surface area contributed by atoms with E-state index in [0.29, 0.717) is 18.5 Å². The van der Waals surface area contributed by atoms with E-state index in [1.165, 1.54) is 6.07 Å². The number of hydrogen-bond acceptors (Lipinski definition) is 2. The lowest BCUT2D eigenvalue weighted by molar-refractivity contribution is -0.133. The molecule has 1 unspecified atom stereocenters. The van der Waals surface area contributed by atoms with Crippen LogP contribution in [0.5, 0.6) is 0 Å². The number of nitrogens with zero attached hydrogens (tertiary/aromatic N) is 2. The van der Waals surface area contributed by atoms with Gasteiger partial charge >= 0.3 is 0 Å². The van der Waals surface area contributed by atoms with E-state index in [2.05, 4.69) is 4.90 Å². The molecule has 1 aliphatic heterocycles. The van der Waals surface area contributed by atoms with Gasteiger partial charge in [-0.15, -0.1) is 0 Å². The summed E-state index contributed by atoms with van der Waals surface area (Å²) in [5.74, 6) is -0.0513. The van der Waals surface area contributed by atoms with E-state index in [-0.39, 0.29) is 17.8 Å². The molecule has 98 valence electrons. The quantitative estimate of drug-likeness (QED) is 0.802. The Morgan fingerprint density at radius 1 is 1.39 bits per heavy atom. The van der Waals surface area contributed by atoms with Gasteiger partial charge in [0.15, 0.2) is 0 Å². The van der Waals surface area contributed by atoms with E-state index in [1.807, 2.05) is 24.9 Å². The number of benzene rings is 1. The molecule has 1 saturated heterocycles. The molecule has 0 aromatic heterocycles. The molecule has 0 N–H and O–H groups in total. The van der Waals surface area contributed by atoms with Crippen molar-refractivity contribution in [2.75, 3.05) is 26.7 Å². The zero-order chi connectivity index (χ0) is 13.1. The third-order valence-corrected chi connectivity index (χ3v) is 3.57. The minimum atomic E-state index is -0.194. The normalized spacial score (nSPS) is 21.1. The number of hydrogen-bond donors (Lipinski definition) is 0. The largest absolute Gasteiger partial charge is 0.340 e. The van der Waals surface area contributed by atoms with Gasteiger partial charge in [-0.05, 0) is 13.1 Å². The first-order valence-corrected chi connectivity index (χ1v) is 6.36. The molecule has 0 saturated carbocycles. The summed E-state index contributed by atoms with van der Waals surface area (Å²) in [7, 11) is 1.98. The van der Waals surface area contributed by atoms with Crippen molar-refractivity contribution in [1.29, 1.82) is 0 Å². The van der Waals surface area contributed by atoms with Gasteiger partial charge in [-0.1, -0.05) is 25.1 Å². The molecular formula is C14H19FN2O. The van der Waals surface area contributed by atoms with Crippen LogP contribution < -0.4 is 0 Å². The third-order valence-electron chi connectivity index (χ3n) is 3.57. The number of carbonyl (C=O) groups is 1. The average molecular weight is 250 g/mol. The van der Waals surface area contributed by atoms with Crippen molar-refractivity contribution in [3.8, 4) is 0 Å². The van der Waals surface area contributed by atoms with Crippen LogP contribution in [0.4, 0.5) is 4.39 Å². The number of halogens is 1. The van der Waals surface area contributed by atoms with E-state index in [4.69, 9.17) is 0 Å². The fourth-order valence-corrected chi connectivity index (χ4v) is 2.40. The highest BCUT2D eigenvalue weighted by Crippen LogP contribution is 2.26. The van der Waals surface area contributed by atoms with Crippen molar-refractivity contribution < 1.29 is 9.18 Å². The maximum atomic E-state index is 13.8. The Balaban J connectivity index is 2.20. The first kappa shape index (κ1) is 13.0. The monoisotopic (exact) mass is 250 g/mol. The summed E-state index contributed by atoms with van der Waals surface area (Å²) in [5, 5.41) is 0. The van der Waals surface area contributed by atoms with Crippen molar-refractivity contribution in [3.63, 3.8) is 0 Å². The zero-order valence-electron chi connectivity index (χ0n) is 10.9. The molecule has 1 fully saturated rings. The summed E-state index contributed by atoms with van der Waals surface area (Å²) in [5.41, 5.74) is 0.675. The van der Waals surface area contributed by atoms with Crippen LogP contribution in [0.1, 0.15) is 24.9 Å². The smallest absolute Gasteiger partial charge is 0.222 e. The van der Waals surface area contributed by atoms with Gasteiger partial charge in [0.05, 0.1) is 6.04 Å². The zero-order valence-corrected chi connectivity index (χ0v) is 10.9. The highest BCUT2D eigenvalue weighted by Gasteiger charge is 2.29. The molecule has 2 rings (SSSR count). The number of likely N-dealkylation sites (N-methyl/N-ethyl adjacent to an activating group) is 1. The van der Waals surface area contributed by atoms with Crippen LogP contribution in [0, 0.1) is 5.82 Å². The Bertz CT molecular complexity index is 436. The molecule has 0 aliphatic carbocycles. The van der Waals surface area contributed by atoms with Crippen LogP contribution >= 0.6 is 0 Å². The van der Waals surface area contributed by atoms with Gasteiger partial charge in [0.1, 0.15) is 5.82 Å². The van der Waals surface area contributed by atoms with Crippen molar-refractivity contribution in [2.45, 2.75) is 19.4 Å². The number of carbonyl (C=O) groups excluding carboxylic acids is 1. The molecule has 1 heterocycles. The van der Waals surface area contributed by atoms with Gasteiger partial charge in [0.2, 0.25) is 5.91 Å². The van der Waals surface area contributed by atoms with Crippen LogP contribution in [0.25, 0.3) is 0 Å². The SMILES string of the molecule is CCC(=O)N1CCN(C)C(c2ccccc2F)C1. The molecule has 1 aromatic carbocycles. The van der Waals surface area contributed by atoms with Gasteiger partial charge in [0.25, 0.3) is 0 Å². The molecule has 0 radical (unpaired) electrons. The summed E-state index contributed by atoms with van der Waals surface area (Å²) in [6.45, 7) is 3.95. The van der Waals surface area contributed by atoms with Crippen LogP contribution in [0.3, 0.4) is 0 Å². The standard InChI is InChI=1S/C14H19FN2O/c1-3-14(18)17-9-8-16(2)13(10-17)11-6-4-5-7-12(11)15/h4-7,13H,3,8-10H2,1-2H3. The third kappa shape index (κ3) is 2.53. The molecular weight excluding hydrogens is 231 g/mol. The summed E-state index contributed by atoms with van der Waals surface area (Å²) < 4.78 is 13.8. The van der Waals surface area contributed by atoms with Crippen molar-refractivity contribution >= 4 is 5.91 Å². The average Bonchev–Trinajstić information content (AvgIpc) is 2.39. The summed E-state index contributed by atoms with van der Waals surface area (Å²) in [4.78, 5) is 15.7. The molecule has 1 amide bonds. The fourth-order valence-electron chi connectivity index (χ4n) is 2.40. The minimum absolute atomic E-state index is 0.0459. The topological polar surface area (TPSA) is 23.6 Å². The highest BCUT2D eigenvalue weighted by molar-refractivity contribution is 5.76. The Kier molecular flexibility index (Phi) is 3.97.